The third-order valence-corrected chi connectivity index (χ3v) is 7.33. The zero-order chi connectivity index (χ0) is 29.2. The number of esters is 1. The minimum Gasteiger partial charge on any atom is -0.496 e. The second-order valence-electron chi connectivity index (χ2n) is 11.2. The van der Waals surface area contributed by atoms with Crippen LogP contribution in [0.25, 0.3) is 10.9 Å². The van der Waals surface area contributed by atoms with Crippen molar-refractivity contribution in [3.63, 3.8) is 0 Å². The number of fused-ring (bicyclic) bond motifs is 1. The Hall–Kier alpha value is -3.56. The molecule has 0 amide bonds. The maximum Gasteiger partial charge on any atom is 0.419 e. The van der Waals surface area contributed by atoms with E-state index >= 15 is 0 Å². The van der Waals surface area contributed by atoms with Gasteiger partial charge in [-0.2, -0.15) is 0 Å². The number of aryl methyl sites for hydroxylation is 1. The molecule has 3 aromatic rings. The first-order chi connectivity index (χ1) is 19.0. The quantitative estimate of drug-likeness (QED) is 0.288. The number of rotatable bonds is 7. The molecule has 1 saturated heterocycles. The third-order valence-electron chi connectivity index (χ3n) is 7.33. The molecule has 0 saturated carbocycles. The van der Waals surface area contributed by atoms with Crippen LogP contribution in [0.5, 0.6) is 5.75 Å². The fraction of sp³-hybridized carbons (Fsp3) is 0.484. The number of nitrogens with zero attached hydrogens (tertiary/aromatic N) is 2. The summed E-state index contributed by atoms with van der Waals surface area (Å²) in [5, 5.41) is 0.939. The van der Waals surface area contributed by atoms with Gasteiger partial charge in [-0.15, -0.1) is 0 Å². The van der Waals surface area contributed by atoms with E-state index < -0.39 is 17.7 Å². The van der Waals surface area contributed by atoms with Crippen molar-refractivity contribution in [1.82, 2.24) is 9.47 Å². The van der Waals surface area contributed by atoms with E-state index in [2.05, 4.69) is 4.90 Å². The van der Waals surface area contributed by atoms with Crippen LogP contribution in [-0.4, -0.2) is 60.6 Å². The Balaban J connectivity index is 1.75. The first-order valence-corrected chi connectivity index (χ1v) is 13.7. The standard InChI is InChI=1S/C31H41N3O6/c1-8-39-21-11-13-33(26(17-21)20-9-10-23(25(32)16-20)29(35)38-7)18-24-22-12-14-34(30(36)40-31(3,4)5)28(22)19(2)15-27(24)37-6/h9-10,12,14-16,21,26H,8,11,13,17-18,32H2,1-7H3/t21-,26-/m1/s1. The van der Waals surface area contributed by atoms with Gasteiger partial charge in [0.05, 0.1) is 31.4 Å². The van der Waals surface area contributed by atoms with Gasteiger partial charge < -0.3 is 24.7 Å². The molecule has 0 unspecified atom stereocenters. The Kier molecular flexibility index (Phi) is 8.75. The number of benzene rings is 2. The number of carbonyl (C=O) groups is 2. The molecule has 216 valence electrons. The van der Waals surface area contributed by atoms with E-state index in [1.54, 1.807) is 23.9 Å². The summed E-state index contributed by atoms with van der Waals surface area (Å²) in [6.45, 7) is 11.6. The maximum atomic E-state index is 13.0. The molecule has 9 nitrogen and oxygen atoms in total. The summed E-state index contributed by atoms with van der Waals surface area (Å²) in [5.74, 6) is 0.302. The number of carbonyl (C=O) groups excluding carboxylic acids is 2. The van der Waals surface area contributed by atoms with Crippen LogP contribution in [0.2, 0.25) is 0 Å². The minimum absolute atomic E-state index is 0.00621. The van der Waals surface area contributed by atoms with Gasteiger partial charge in [-0.3, -0.25) is 9.47 Å². The van der Waals surface area contributed by atoms with Crippen molar-refractivity contribution < 1.29 is 28.5 Å². The summed E-state index contributed by atoms with van der Waals surface area (Å²) in [7, 11) is 3.01. The molecule has 1 aliphatic rings. The van der Waals surface area contributed by atoms with Crippen LogP contribution >= 0.6 is 0 Å². The van der Waals surface area contributed by atoms with E-state index in [0.29, 0.717) is 24.4 Å². The Bertz CT molecular complexity index is 1390. The summed E-state index contributed by atoms with van der Waals surface area (Å²) in [5.41, 5.74) is 10.1. The number of nitrogen functional groups attached to an aromatic ring is 1. The summed E-state index contributed by atoms with van der Waals surface area (Å²) in [6, 6.07) is 9.45. The lowest BCUT2D eigenvalue weighted by Crippen LogP contribution is -2.39. The molecule has 0 spiro atoms. The fourth-order valence-corrected chi connectivity index (χ4v) is 5.56. The molecule has 1 aliphatic heterocycles. The number of piperidine rings is 1. The van der Waals surface area contributed by atoms with Crippen molar-refractivity contribution in [2.24, 2.45) is 0 Å². The first-order valence-electron chi connectivity index (χ1n) is 13.7. The molecule has 9 heteroatoms. The van der Waals surface area contributed by atoms with Gasteiger partial charge in [0, 0.05) is 48.6 Å². The molecule has 1 aromatic heterocycles. The topological polar surface area (TPSA) is 105 Å². The van der Waals surface area contributed by atoms with Gasteiger partial charge >= 0.3 is 12.1 Å². The van der Waals surface area contributed by atoms with Gasteiger partial charge in [-0.05, 0) is 82.9 Å². The van der Waals surface area contributed by atoms with Gasteiger partial charge in [0.15, 0.2) is 0 Å². The Morgan fingerprint density at radius 3 is 2.50 bits per heavy atom. The van der Waals surface area contributed by atoms with Gasteiger partial charge in [-0.1, -0.05) is 6.07 Å². The van der Waals surface area contributed by atoms with Crippen molar-refractivity contribution >= 4 is 28.7 Å². The monoisotopic (exact) mass is 551 g/mol. The Labute approximate surface area is 236 Å². The number of hydrogen-bond donors (Lipinski definition) is 1. The average Bonchev–Trinajstić information content (AvgIpc) is 3.36. The van der Waals surface area contributed by atoms with Crippen LogP contribution in [0, 0.1) is 6.92 Å². The van der Waals surface area contributed by atoms with E-state index in [9.17, 15) is 9.59 Å². The van der Waals surface area contributed by atoms with Gasteiger partial charge in [-0.25, -0.2) is 9.59 Å². The van der Waals surface area contributed by atoms with Crippen LogP contribution in [0.3, 0.4) is 0 Å². The zero-order valence-corrected chi connectivity index (χ0v) is 24.6. The molecule has 1 fully saturated rings. The summed E-state index contributed by atoms with van der Waals surface area (Å²) in [6.07, 6.45) is 3.12. The Morgan fingerprint density at radius 1 is 1.12 bits per heavy atom. The van der Waals surface area contributed by atoms with Crippen molar-refractivity contribution in [2.75, 3.05) is 33.1 Å². The zero-order valence-electron chi connectivity index (χ0n) is 24.6. The summed E-state index contributed by atoms with van der Waals surface area (Å²) in [4.78, 5) is 27.6. The number of anilines is 1. The molecule has 2 N–H and O–H groups in total. The summed E-state index contributed by atoms with van der Waals surface area (Å²) >= 11 is 0. The fourth-order valence-electron chi connectivity index (χ4n) is 5.56. The average molecular weight is 552 g/mol. The molecule has 0 bridgehead atoms. The molecule has 2 atom stereocenters. The SMILES string of the molecule is CCO[C@@H]1CCN(Cc2c(OC)cc(C)c3c2ccn3C(=O)OC(C)(C)C)[C@@H](c2ccc(C(=O)OC)c(N)c2)C1. The lowest BCUT2D eigenvalue weighted by Gasteiger charge is -2.40. The van der Waals surface area contributed by atoms with E-state index in [0.717, 1.165) is 52.7 Å². The molecule has 4 rings (SSSR count). The van der Waals surface area contributed by atoms with Crippen molar-refractivity contribution in [1.29, 1.82) is 0 Å². The molecule has 0 aliphatic carbocycles. The highest BCUT2D eigenvalue weighted by molar-refractivity contribution is 5.96. The van der Waals surface area contributed by atoms with Crippen LogP contribution in [0.15, 0.2) is 36.5 Å². The Morgan fingerprint density at radius 2 is 1.88 bits per heavy atom. The highest BCUT2D eigenvalue weighted by atomic mass is 16.6. The van der Waals surface area contributed by atoms with Crippen LogP contribution < -0.4 is 10.5 Å². The molecular weight excluding hydrogens is 510 g/mol. The lowest BCUT2D eigenvalue weighted by atomic mass is 9.91. The molecule has 2 aromatic carbocycles. The van der Waals surface area contributed by atoms with Crippen molar-refractivity contribution in [2.45, 2.75) is 71.8 Å². The van der Waals surface area contributed by atoms with Crippen LogP contribution in [0.1, 0.15) is 73.6 Å². The number of nitrogens with two attached hydrogens (primary N) is 1. The second-order valence-corrected chi connectivity index (χ2v) is 11.2. The predicted octanol–water partition coefficient (Wildman–Crippen LogP) is 5.85. The number of likely N-dealkylation sites (tertiary alicyclic amines) is 1. The predicted molar refractivity (Wildman–Crippen MR) is 155 cm³/mol. The minimum atomic E-state index is -0.611. The molecule has 0 radical (unpaired) electrons. The largest absolute Gasteiger partial charge is 0.496 e. The maximum absolute atomic E-state index is 13.0. The number of hydrogen-bond acceptors (Lipinski definition) is 8. The smallest absolute Gasteiger partial charge is 0.419 e. The van der Waals surface area contributed by atoms with Crippen molar-refractivity contribution in [3.8, 4) is 5.75 Å². The highest BCUT2D eigenvalue weighted by Gasteiger charge is 2.32. The number of ether oxygens (including phenoxy) is 4. The van der Waals surface area contributed by atoms with Crippen LogP contribution in [0.4, 0.5) is 10.5 Å². The summed E-state index contributed by atoms with van der Waals surface area (Å²) < 4.78 is 24.0. The van der Waals surface area contributed by atoms with E-state index in [1.165, 1.54) is 7.11 Å². The highest BCUT2D eigenvalue weighted by Crippen LogP contribution is 2.39. The molecular formula is C31H41N3O6. The number of aromatic nitrogens is 1. The second kappa shape index (κ2) is 11.9. The first kappa shape index (κ1) is 29.4. The van der Waals surface area contributed by atoms with E-state index in [-0.39, 0.29) is 12.1 Å². The number of methoxy groups -OCH3 is 2. The third kappa shape index (κ3) is 6.10. The molecule has 40 heavy (non-hydrogen) atoms. The van der Waals surface area contributed by atoms with Gasteiger partial charge in [0.2, 0.25) is 0 Å². The molecule has 2 heterocycles. The lowest BCUT2D eigenvalue weighted by molar-refractivity contribution is -0.0138. The normalized spacial score (nSPS) is 18.1. The van der Waals surface area contributed by atoms with Crippen molar-refractivity contribution in [3.05, 3.63) is 58.8 Å². The van der Waals surface area contributed by atoms with E-state index in [1.807, 2.05) is 58.9 Å². The van der Waals surface area contributed by atoms with Crippen LogP contribution in [-0.2, 0) is 20.8 Å². The van der Waals surface area contributed by atoms with Gasteiger partial charge in [0.1, 0.15) is 11.4 Å². The van der Waals surface area contributed by atoms with Gasteiger partial charge in [0.25, 0.3) is 0 Å². The van der Waals surface area contributed by atoms with E-state index in [4.69, 9.17) is 24.7 Å².